The van der Waals surface area contributed by atoms with E-state index in [2.05, 4.69) is 16.8 Å². The first-order valence-corrected chi connectivity index (χ1v) is 14.8. The van der Waals surface area contributed by atoms with Crippen LogP contribution in [0.4, 0.5) is 0 Å². The molecule has 0 unspecified atom stereocenters. The number of aliphatic hydroxyl groups is 1. The first-order valence-electron chi connectivity index (χ1n) is 12.9. The summed E-state index contributed by atoms with van der Waals surface area (Å²) in [6.45, 7) is 7.88. The molecule has 0 aromatic carbocycles. The fraction of sp³-hybridized carbons (Fsp3) is 0.760. The van der Waals surface area contributed by atoms with Crippen LogP contribution in [0.3, 0.4) is 0 Å². The number of nitrogens with zero attached hydrogens (tertiary/aromatic N) is 3. The van der Waals surface area contributed by atoms with Crippen LogP contribution in [0.15, 0.2) is 15.6 Å². The normalized spacial score (nSPS) is 33.1. The molecule has 1 amide bonds. The molecular formula is C25H35N3O6S2. The fourth-order valence-corrected chi connectivity index (χ4v) is 8.25. The number of likely N-dealkylation sites (tertiary alicyclic amines) is 1. The number of esters is 2. The third-order valence-electron chi connectivity index (χ3n) is 8.02. The Bertz CT molecular complexity index is 971. The van der Waals surface area contributed by atoms with Crippen molar-refractivity contribution in [3.05, 3.63) is 10.6 Å². The molecule has 1 aliphatic carbocycles. The summed E-state index contributed by atoms with van der Waals surface area (Å²) in [5.41, 5.74) is 0.243. The van der Waals surface area contributed by atoms with E-state index in [0.29, 0.717) is 5.92 Å². The van der Waals surface area contributed by atoms with Gasteiger partial charge in [-0.3, -0.25) is 14.6 Å². The number of hydrogen-bond acceptors (Lipinski definition) is 10. The molecule has 5 rings (SSSR count). The second kappa shape index (κ2) is 10.6. The Morgan fingerprint density at radius 1 is 1.19 bits per heavy atom. The monoisotopic (exact) mass is 537 g/mol. The summed E-state index contributed by atoms with van der Waals surface area (Å²) in [7, 11) is 0. The van der Waals surface area contributed by atoms with Crippen LogP contribution in [0, 0.1) is 23.7 Å². The Hall–Kier alpha value is -1.72. The first kappa shape index (κ1) is 25.9. The molecule has 0 bridgehead atoms. The summed E-state index contributed by atoms with van der Waals surface area (Å²) in [6, 6.07) is -0.264. The highest BCUT2D eigenvalue weighted by atomic mass is 32.2. The smallest absolute Gasteiger partial charge is 0.358 e. The molecular weight excluding hydrogens is 502 g/mol. The molecule has 9 nitrogen and oxygen atoms in total. The maximum absolute atomic E-state index is 13.2. The van der Waals surface area contributed by atoms with Crippen molar-refractivity contribution in [1.29, 1.82) is 0 Å². The standard InChI is InChI=1S/C25H35N3O6S2/c1-13-4-6-16(7-5-13)23(31)33-12-34-24(32)20-21(14(2)19-18(15(3)29)22(30)28(19)20)36-17-10-27(11-17)25-26-8-9-35-25/h13-19,29H,4-12H2,1-3H3/t13?,14-,15-,16?,18-,19-/m1/s1. The van der Waals surface area contributed by atoms with Gasteiger partial charge < -0.3 is 24.4 Å². The number of rotatable bonds is 7. The van der Waals surface area contributed by atoms with Gasteiger partial charge in [0.2, 0.25) is 12.7 Å². The summed E-state index contributed by atoms with van der Waals surface area (Å²) >= 11 is 3.39. The van der Waals surface area contributed by atoms with Crippen LogP contribution in [0.2, 0.25) is 0 Å². The molecule has 3 fully saturated rings. The van der Waals surface area contributed by atoms with Gasteiger partial charge in [0.05, 0.1) is 30.5 Å². The van der Waals surface area contributed by atoms with Crippen LogP contribution >= 0.6 is 23.5 Å². The van der Waals surface area contributed by atoms with Crippen LogP contribution in [0.1, 0.15) is 46.5 Å². The van der Waals surface area contributed by atoms with Gasteiger partial charge in [0.25, 0.3) is 0 Å². The molecule has 4 atom stereocenters. The minimum absolute atomic E-state index is 0.0890. The number of carbonyl (C=O) groups is 3. The molecule has 36 heavy (non-hydrogen) atoms. The number of fused-ring (bicyclic) bond motifs is 1. The summed E-state index contributed by atoms with van der Waals surface area (Å²) < 4.78 is 10.7. The molecule has 0 aromatic heterocycles. The zero-order valence-corrected chi connectivity index (χ0v) is 22.7. The number of amides is 1. The fourth-order valence-electron chi connectivity index (χ4n) is 5.86. The Morgan fingerprint density at radius 2 is 1.92 bits per heavy atom. The van der Waals surface area contributed by atoms with Crippen LogP contribution in [-0.2, 0) is 23.9 Å². The van der Waals surface area contributed by atoms with Crippen molar-refractivity contribution >= 4 is 46.5 Å². The number of carbonyl (C=O) groups excluding carboxylic acids is 3. The summed E-state index contributed by atoms with van der Waals surface area (Å²) in [5, 5.41) is 11.6. The van der Waals surface area contributed by atoms with Crippen molar-refractivity contribution in [1.82, 2.24) is 9.80 Å². The van der Waals surface area contributed by atoms with E-state index in [1.54, 1.807) is 30.4 Å². The average molecular weight is 538 g/mol. The van der Waals surface area contributed by atoms with Gasteiger partial charge in [0.15, 0.2) is 5.17 Å². The SMILES string of the molecule is CC1CCC(C(=O)OCOC(=O)C2=C(SC3CN(C4=NCCS4)C3)[C@H](C)[C@@H]3[C@@H]([C@@H](C)O)C(=O)N23)CC1. The van der Waals surface area contributed by atoms with Crippen LogP contribution in [0.25, 0.3) is 0 Å². The van der Waals surface area contributed by atoms with Crippen molar-refractivity contribution in [3.8, 4) is 0 Å². The van der Waals surface area contributed by atoms with Gasteiger partial charge in [-0.2, -0.15) is 0 Å². The Kier molecular flexibility index (Phi) is 7.61. The second-order valence-corrected chi connectivity index (χ2v) is 13.0. The van der Waals surface area contributed by atoms with Gasteiger partial charge in [0.1, 0.15) is 5.70 Å². The van der Waals surface area contributed by atoms with E-state index in [4.69, 9.17) is 9.47 Å². The lowest BCUT2D eigenvalue weighted by atomic mass is 9.79. The molecule has 1 N–H and O–H groups in total. The lowest BCUT2D eigenvalue weighted by Gasteiger charge is -2.46. The van der Waals surface area contributed by atoms with E-state index in [0.717, 1.165) is 61.1 Å². The first-order chi connectivity index (χ1) is 17.3. The van der Waals surface area contributed by atoms with Gasteiger partial charge in [-0.15, -0.1) is 11.8 Å². The van der Waals surface area contributed by atoms with Crippen molar-refractivity contribution in [2.45, 2.75) is 63.9 Å². The lowest BCUT2D eigenvalue weighted by molar-refractivity contribution is -0.174. The predicted octanol–water partition coefficient (Wildman–Crippen LogP) is 2.45. The molecule has 5 aliphatic rings. The highest BCUT2D eigenvalue weighted by Gasteiger charge is 2.60. The molecule has 0 radical (unpaired) electrons. The molecule has 0 spiro atoms. The summed E-state index contributed by atoms with van der Waals surface area (Å²) in [5.74, 6) is -0.360. The van der Waals surface area contributed by atoms with E-state index in [9.17, 15) is 19.5 Å². The van der Waals surface area contributed by atoms with E-state index < -0.39 is 24.8 Å². The number of aliphatic imine (C=N–C) groups is 1. The second-order valence-electron chi connectivity index (χ2n) is 10.6. The minimum Gasteiger partial charge on any atom is -0.428 e. The number of amidine groups is 1. The van der Waals surface area contributed by atoms with Crippen molar-refractivity contribution in [2.75, 3.05) is 32.2 Å². The quantitative estimate of drug-likeness (QED) is 0.298. The maximum Gasteiger partial charge on any atom is 0.358 e. The van der Waals surface area contributed by atoms with Crippen LogP contribution in [0.5, 0.6) is 0 Å². The summed E-state index contributed by atoms with van der Waals surface area (Å²) in [6.07, 6.45) is 2.80. The minimum atomic E-state index is -0.793. The van der Waals surface area contributed by atoms with Crippen LogP contribution < -0.4 is 0 Å². The van der Waals surface area contributed by atoms with Crippen LogP contribution in [-0.4, -0.2) is 87.5 Å². The molecule has 4 heterocycles. The lowest BCUT2D eigenvalue weighted by Crippen LogP contribution is -2.63. The molecule has 2 saturated heterocycles. The largest absolute Gasteiger partial charge is 0.428 e. The molecule has 1 saturated carbocycles. The Labute approximate surface area is 220 Å². The summed E-state index contributed by atoms with van der Waals surface area (Å²) in [4.78, 5) is 47.6. The van der Waals surface area contributed by atoms with Gasteiger partial charge in [0, 0.05) is 34.9 Å². The third kappa shape index (κ3) is 4.78. The molecule has 4 aliphatic heterocycles. The topological polar surface area (TPSA) is 109 Å². The van der Waals surface area contributed by atoms with E-state index in [1.165, 1.54) is 4.90 Å². The number of aliphatic hydroxyl groups excluding tert-OH is 1. The van der Waals surface area contributed by atoms with Crippen molar-refractivity contribution in [2.24, 2.45) is 28.7 Å². The van der Waals surface area contributed by atoms with E-state index in [-0.39, 0.29) is 40.7 Å². The molecule has 198 valence electrons. The third-order valence-corrected chi connectivity index (χ3v) is 10.5. The van der Waals surface area contributed by atoms with Crippen molar-refractivity contribution < 1.29 is 29.0 Å². The van der Waals surface area contributed by atoms with Gasteiger partial charge in [-0.05, 0) is 38.5 Å². The number of ether oxygens (including phenoxy) is 2. The zero-order valence-electron chi connectivity index (χ0n) is 21.1. The van der Waals surface area contributed by atoms with Gasteiger partial charge in [-0.1, -0.05) is 25.6 Å². The predicted molar refractivity (Wildman–Crippen MR) is 138 cm³/mol. The number of β-lactam (4-membered cyclic amide) rings is 1. The zero-order chi connectivity index (χ0) is 25.6. The Morgan fingerprint density at radius 3 is 2.56 bits per heavy atom. The highest BCUT2D eigenvalue weighted by Crippen LogP contribution is 2.52. The number of hydrogen-bond donors (Lipinski definition) is 1. The van der Waals surface area contributed by atoms with E-state index >= 15 is 0 Å². The van der Waals surface area contributed by atoms with E-state index in [1.807, 2.05) is 6.92 Å². The maximum atomic E-state index is 13.2. The van der Waals surface area contributed by atoms with Gasteiger partial charge in [-0.25, -0.2) is 4.79 Å². The molecule has 0 aromatic rings. The number of thioether (sulfide) groups is 2. The van der Waals surface area contributed by atoms with Crippen molar-refractivity contribution in [3.63, 3.8) is 0 Å². The van der Waals surface area contributed by atoms with Gasteiger partial charge >= 0.3 is 11.9 Å². The highest BCUT2D eigenvalue weighted by molar-refractivity contribution is 8.14. The molecule has 11 heteroatoms. The average Bonchev–Trinajstić information content (AvgIpc) is 3.41. The Balaban J connectivity index is 1.23.